The van der Waals surface area contributed by atoms with Gasteiger partial charge in [0, 0.05) is 18.7 Å². The van der Waals surface area contributed by atoms with E-state index < -0.39 is 5.97 Å². The predicted octanol–water partition coefficient (Wildman–Crippen LogP) is 2.37. The van der Waals surface area contributed by atoms with Crippen LogP contribution >= 0.6 is 11.3 Å². The van der Waals surface area contributed by atoms with Gasteiger partial charge in [-0.05, 0) is 72.5 Å². The summed E-state index contributed by atoms with van der Waals surface area (Å²) in [6, 6.07) is 12.5. The highest BCUT2D eigenvalue weighted by Crippen LogP contribution is 2.37. The van der Waals surface area contributed by atoms with Crippen molar-refractivity contribution in [1.82, 2.24) is 0 Å². The van der Waals surface area contributed by atoms with Gasteiger partial charge in [-0.2, -0.15) is 15.2 Å². The van der Waals surface area contributed by atoms with Crippen molar-refractivity contribution in [3.8, 4) is 16.9 Å². The number of hydrogen-bond donors (Lipinski definition) is 7. The van der Waals surface area contributed by atoms with Crippen LogP contribution in [0.15, 0.2) is 58.0 Å². The Kier molecular flexibility index (Phi) is 11.5. The number of hydrazone groups is 2. The van der Waals surface area contributed by atoms with Gasteiger partial charge in [0.05, 0.1) is 30.3 Å². The Morgan fingerprint density at radius 1 is 1.10 bits per heavy atom. The molecule has 0 unspecified atom stereocenters. The number of carboxylic acid groups (broad SMARTS) is 1. The Hall–Kier alpha value is -4.14. The number of benzene rings is 2. The van der Waals surface area contributed by atoms with Crippen LogP contribution in [-0.4, -0.2) is 70.0 Å². The number of carbonyl (C=O) groups excluding carboxylic acids is 1. The number of carboxylic acids is 1. The van der Waals surface area contributed by atoms with E-state index in [9.17, 15) is 14.7 Å². The molecule has 1 aromatic heterocycles. The number of nitrogens with one attached hydrogen (secondary N) is 1. The number of aromatic carboxylic acids is 1. The monoisotopic (exact) mass is 582 g/mol. The first kappa shape index (κ1) is 31.4. The van der Waals surface area contributed by atoms with Crippen molar-refractivity contribution in [2.75, 3.05) is 36.7 Å². The van der Waals surface area contributed by atoms with Crippen molar-refractivity contribution in [3.05, 3.63) is 63.8 Å². The smallest absolute Gasteiger partial charge is 0.345 e. The van der Waals surface area contributed by atoms with Crippen LogP contribution in [0.2, 0.25) is 0 Å². The van der Waals surface area contributed by atoms with Gasteiger partial charge in [-0.1, -0.05) is 18.2 Å². The van der Waals surface area contributed by atoms with Crippen molar-refractivity contribution < 1.29 is 30.0 Å². The quantitative estimate of drug-likeness (QED) is 0.161. The Morgan fingerprint density at radius 3 is 2.41 bits per heavy atom. The molecule has 2 aromatic carbocycles. The molecule has 3 aromatic rings. The maximum Gasteiger partial charge on any atom is 0.345 e. The highest BCUT2D eigenvalue weighted by molar-refractivity contribution is 7.12. The highest BCUT2D eigenvalue weighted by atomic mass is 32.1. The molecular weight excluding hydrogens is 548 g/mol. The number of amides is 1. The summed E-state index contributed by atoms with van der Waals surface area (Å²) in [7, 11) is 0. The largest absolute Gasteiger partial charge is 0.505 e. The van der Waals surface area contributed by atoms with Gasteiger partial charge in [-0.15, -0.1) is 11.3 Å². The third kappa shape index (κ3) is 7.74. The second kappa shape index (κ2) is 15.0. The van der Waals surface area contributed by atoms with Gasteiger partial charge >= 0.3 is 11.9 Å². The molecule has 2 heterocycles. The number of fused-ring (bicyclic) bond motifs is 1. The number of para-hydroxylation sites is 1. The molecule has 2 aliphatic rings. The lowest BCUT2D eigenvalue weighted by Crippen LogP contribution is -2.28. The van der Waals surface area contributed by atoms with Crippen molar-refractivity contribution in [3.63, 3.8) is 0 Å². The topological polar surface area (TPSA) is 207 Å². The zero-order chi connectivity index (χ0) is 29.9. The summed E-state index contributed by atoms with van der Waals surface area (Å²) in [4.78, 5) is 24.3. The van der Waals surface area contributed by atoms with E-state index in [0.717, 1.165) is 30.6 Å². The van der Waals surface area contributed by atoms with Crippen LogP contribution in [0.3, 0.4) is 0 Å². The molecule has 0 bridgehead atoms. The SMILES string of the molecule is CC1=NN(c2ccc3c(c2)CCC3)C(=O)C1=NNc1cccc(-c2csc(C(=O)O)c2)c1O.NCCO.NCCO. The van der Waals surface area contributed by atoms with E-state index in [4.69, 9.17) is 26.8 Å². The van der Waals surface area contributed by atoms with E-state index >= 15 is 0 Å². The molecule has 1 aliphatic carbocycles. The van der Waals surface area contributed by atoms with E-state index in [0.29, 0.717) is 41.3 Å². The molecule has 1 amide bonds. The lowest BCUT2D eigenvalue weighted by molar-refractivity contribution is -0.112. The average Bonchev–Trinajstić information content (AvgIpc) is 3.72. The first-order chi connectivity index (χ1) is 19.7. The highest BCUT2D eigenvalue weighted by Gasteiger charge is 2.31. The molecule has 0 atom stereocenters. The Labute approximate surface area is 241 Å². The van der Waals surface area contributed by atoms with Crippen molar-refractivity contribution in [2.24, 2.45) is 21.7 Å². The van der Waals surface area contributed by atoms with Gasteiger partial charge in [0.15, 0.2) is 5.71 Å². The van der Waals surface area contributed by atoms with E-state index in [1.165, 1.54) is 22.2 Å². The molecule has 12 nitrogen and oxygen atoms in total. The number of carbonyl (C=O) groups is 2. The first-order valence-corrected chi connectivity index (χ1v) is 13.7. The number of thiophene rings is 1. The summed E-state index contributed by atoms with van der Waals surface area (Å²) in [6.07, 6.45) is 3.19. The van der Waals surface area contributed by atoms with Gasteiger partial charge in [0.1, 0.15) is 10.6 Å². The molecule has 5 rings (SSSR count). The van der Waals surface area contributed by atoms with Gasteiger partial charge in [-0.3, -0.25) is 10.2 Å². The van der Waals surface area contributed by atoms with E-state index in [1.807, 2.05) is 18.2 Å². The molecule has 41 heavy (non-hydrogen) atoms. The molecule has 0 fully saturated rings. The fourth-order valence-corrected chi connectivity index (χ4v) is 4.81. The van der Waals surface area contributed by atoms with Gasteiger partial charge in [0.2, 0.25) is 0 Å². The average molecular weight is 583 g/mol. The standard InChI is InChI=1S/C24H20N4O4S.2C2H7NO/c1-13-21(23(30)28(27-13)17-9-8-14-4-2-5-15(14)10-17)26-25-19-7-3-6-18(22(19)29)16-11-20(24(31)32)33-12-16;2*3-1-2-4/h3,6-12,25,29H,2,4-5H2,1H3,(H,31,32);2*4H,1-3H2. The van der Waals surface area contributed by atoms with Crippen LogP contribution in [0, 0.1) is 0 Å². The fraction of sp³-hybridized carbons (Fsp3) is 0.286. The minimum Gasteiger partial charge on any atom is -0.505 e. The van der Waals surface area contributed by atoms with Crippen LogP contribution < -0.4 is 21.9 Å². The molecule has 0 spiro atoms. The third-order valence-electron chi connectivity index (χ3n) is 6.02. The zero-order valence-corrected chi connectivity index (χ0v) is 23.4. The summed E-state index contributed by atoms with van der Waals surface area (Å²) >= 11 is 1.08. The first-order valence-electron chi connectivity index (χ1n) is 12.9. The normalized spacial score (nSPS) is 14.6. The second-order valence-electron chi connectivity index (χ2n) is 8.91. The van der Waals surface area contributed by atoms with Gasteiger partial charge < -0.3 is 31.9 Å². The number of anilines is 2. The van der Waals surface area contributed by atoms with Crippen molar-refractivity contribution in [2.45, 2.75) is 26.2 Å². The van der Waals surface area contributed by atoms with E-state index in [-0.39, 0.29) is 35.5 Å². The molecule has 0 saturated carbocycles. The molecular formula is C28H34N6O6S. The fourth-order valence-electron chi connectivity index (χ4n) is 4.06. The lowest BCUT2D eigenvalue weighted by Gasteiger charge is -2.13. The van der Waals surface area contributed by atoms with Crippen molar-refractivity contribution in [1.29, 1.82) is 0 Å². The number of aliphatic hydroxyl groups is 2. The Bertz CT molecular complexity index is 1430. The summed E-state index contributed by atoms with van der Waals surface area (Å²) in [5.74, 6) is -1.46. The van der Waals surface area contributed by atoms with Crippen LogP contribution in [0.1, 0.15) is 34.1 Å². The van der Waals surface area contributed by atoms with Crippen LogP contribution in [0.25, 0.3) is 11.1 Å². The van der Waals surface area contributed by atoms with Gasteiger partial charge in [0.25, 0.3) is 0 Å². The summed E-state index contributed by atoms with van der Waals surface area (Å²) in [5.41, 5.74) is 17.6. The number of nitrogens with zero attached hydrogens (tertiary/aromatic N) is 3. The zero-order valence-electron chi connectivity index (χ0n) is 22.6. The second-order valence-corrected chi connectivity index (χ2v) is 9.82. The summed E-state index contributed by atoms with van der Waals surface area (Å²) in [6.45, 7) is 2.65. The minimum atomic E-state index is -1.02. The predicted molar refractivity (Wildman–Crippen MR) is 161 cm³/mol. The molecule has 13 heteroatoms. The van der Waals surface area contributed by atoms with E-state index in [2.05, 4.69) is 15.6 Å². The van der Waals surface area contributed by atoms with Crippen LogP contribution in [0.4, 0.5) is 11.4 Å². The lowest BCUT2D eigenvalue weighted by atomic mass is 10.1. The Morgan fingerprint density at radius 2 is 1.78 bits per heavy atom. The number of nitrogens with two attached hydrogens (primary N) is 2. The third-order valence-corrected chi connectivity index (χ3v) is 6.94. The van der Waals surface area contributed by atoms with Crippen LogP contribution in [-0.2, 0) is 17.6 Å². The molecule has 218 valence electrons. The maximum atomic E-state index is 13.0. The number of hydrogen-bond acceptors (Lipinski definition) is 11. The number of phenolic OH excluding ortho intramolecular Hbond substituents is 1. The van der Waals surface area contributed by atoms with E-state index in [1.54, 1.807) is 30.5 Å². The number of phenols is 1. The van der Waals surface area contributed by atoms with Crippen molar-refractivity contribution >= 4 is 46.0 Å². The Balaban J connectivity index is 0.000000515. The van der Waals surface area contributed by atoms with Crippen LogP contribution in [0.5, 0.6) is 5.75 Å². The molecule has 1 aliphatic heterocycles. The van der Waals surface area contributed by atoms with Gasteiger partial charge in [-0.25, -0.2) is 4.79 Å². The summed E-state index contributed by atoms with van der Waals surface area (Å²) < 4.78 is 0. The number of aromatic hydroxyl groups is 1. The number of aliphatic hydroxyl groups excluding tert-OH is 2. The maximum absolute atomic E-state index is 13.0. The molecule has 9 N–H and O–H groups in total. The summed E-state index contributed by atoms with van der Waals surface area (Å²) in [5, 5.41) is 47.0. The number of aryl methyl sites for hydroxylation is 2. The number of rotatable bonds is 7. The molecule has 0 saturated heterocycles. The molecule has 0 radical (unpaired) electrons. The minimum absolute atomic E-state index is 0.0906.